The van der Waals surface area contributed by atoms with Crippen molar-refractivity contribution in [3.8, 4) is 16.9 Å². The minimum Gasteiger partial charge on any atom is -0.508 e. The van der Waals surface area contributed by atoms with Crippen molar-refractivity contribution in [2.75, 3.05) is 14.1 Å². The van der Waals surface area contributed by atoms with Gasteiger partial charge in [0.1, 0.15) is 11.6 Å². The number of hydrogen-bond acceptors (Lipinski definition) is 3. The molecule has 0 aliphatic heterocycles. The third-order valence-electron chi connectivity index (χ3n) is 2.89. The van der Waals surface area contributed by atoms with Crippen molar-refractivity contribution in [1.29, 1.82) is 0 Å². The molecule has 106 valence electrons. The number of phenols is 1. The van der Waals surface area contributed by atoms with Gasteiger partial charge in [0.25, 0.3) is 0 Å². The molecule has 0 aliphatic rings. The third-order valence-corrected chi connectivity index (χ3v) is 4.76. The van der Waals surface area contributed by atoms with Gasteiger partial charge in [-0.3, -0.25) is 0 Å². The first-order valence-electron chi connectivity index (χ1n) is 5.84. The zero-order chi connectivity index (χ0) is 14.9. The minimum atomic E-state index is -3.68. The van der Waals surface area contributed by atoms with E-state index >= 15 is 0 Å². The van der Waals surface area contributed by atoms with E-state index in [1.807, 2.05) is 0 Å². The highest BCUT2D eigenvalue weighted by atomic mass is 32.2. The first-order valence-corrected chi connectivity index (χ1v) is 7.28. The monoisotopic (exact) mass is 295 g/mol. The predicted octanol–water partition coefficient (Wildman–Crippen LogP) is 2.45. The molecular formula is C14H14FNO3S. The van der Waals surface area contributed by atoms with E-state index in [2.05, 4.69) is 0 Å². The second-order valence-electron chi connectivity index (χ2n) is 4.45. The standard InChI is InChI=1S/C14H14FNO3S/c1-16(2)20(18,19)14-6-4-3-5-12(14)11-8-7-10(17)9-13(11)15/h3-9,17H,1-2H3. The minimum absolute atomic E-state index is 0.0228. The van der Waals surface area contributed by atoms with E-state index in [0.29, 0.717) is 0 Å². The number of benzene rings is 2. The molecule has 2 aromatic carbocycles. The lowest BCUT2D eigenvalue weighted by atomic mass is 10.1. The number of aromatic hydroxyl groups is 1. The van der Waals surface area contributed by atoms with Crippen molar-refractivity contribution < 1.29 is 17.9 Å². The second kappa shape index (κ2) is 5.22. The number of rotatable bonds is 3. The van der Waals surface area contributed by atoms with E-state index in [4.69, 9.17) is 0 Å². The zero-order valence-corrected chi connectivity index (χ0v) is 11.9. The van der Waals surface area contributed by atoms with E-state index in [0.717, 1.165) is 10.4 Å². The fourth-order valence-corrected chi connectivity index (χ4v) is 2.93. The summed E-state index contributed by atoms with van der Waals surface area (Å²) in [4.78, 5) is 0.0228. The highest BCUT2D eigenvalue weighted by Gasteiger charge is 2.22. The topological polar surface area (TPSA) is 57.6 Å². The molecule has 6 heteroatoms. The summed E-state index contributed by atoms with van der Waals surface area (Å²) >= 11 is 0. The highest BCUT2D eigenvalue weighted by Crippen LogP contribution is 2.31. The third kappa shape index (κ3) is 2.52. The van der Waals surface area contributed by atoms with Crippen LogP contribution in [0, 0.1) is 5.82 Å². The van der Waals surface area contributed by atoms with Crippen LogP contribution in [-0.2, 0) is 10.0 Å². The van der Waals surface area contributed by atoms with Crippen LogP contribution in [0.1, 0.15) is 0 Å². The molecule has 0 unspecified atom stereocenters. The number of sulfonamides is 1. The van der Waals surface area contributed by atoms with Crippen LogP contribution in [0.25, 0.3) is 11.1 Å². The van der Waals surface area contributed by atoms with E-state index in [9.17, 15) is 17.9 Å². The summed E-state index contributed by atoms with van der Waals surface area (Å²) in [6.07, 6.45) is 0. The number of phenolic OH excluding ortho intramolecular Hbond substituents is 1. The summed E-state index contributed by atoms with van der Waals surface area (Å²) in [6, 6.07) is 9.80. The van der Waals surface area contributed by atoms with Crippen molar-refractivity contribution in [2.45, 2.75) is 4.90 Å². The summed E-state index contributed by atoms with van der Waals surface area (Å²) in [6.45, 7) is 0. The maximum absolute atomic E-state index is 13.9. The molecule has 0 saturated carbocycles. The molecule has 0 aliphatic carbocycles. The van der Waals surface area contributed by atoms with Gasteiger partial charge >= 0.3 is 0 Å². The average molecular weight is 295 g/mol. The molecule has 0 aromatic heterocycles. The molecule has 4 nitrogen and oxygen atoms in total. The Morgan fingerprint density at radius 3 is 2.30 bits per heavy atom. The van der Waals surface area contributed by atoms with E-state index in [1.54, 1.807) is 12.1 Å². The van der Waals surface area contributed by atoms with Crippen molar-refractivity contribution in [3.63, 3.8) is 0 Å². The predicted molar refractivity (Wildman–Crippen MR) is 74.4 cm³/mol. The summed E-state index contributed by atoms with van der Waals surface area (Å²) in [5.41, 5.74) is 0.391. The molecule has 0 bridgehead atoms. The fraction of sp³-hybridized carbons (Fsp3) is 0.143. The van der Waals surface area contributed by atoms with Gasteiger partial charge in [-0.15, -0.1) is 0 Å². The van der Waals surface area contributed by atoms with Crippen molar-refractivity contribution >= 4 is 10.0 Å². The average Bonchev–Trinajstić information content (AvgIpc) is 2.38. The molecule has 0 saturated heterocycles. The van der Waals surface area contributed by atoms with Crippen LogP contribution in [-0.4, -0.2) is 31.9 Å². The molecule has 20 heavy (non-hydrogen) atoms. The summed E-state index contributed by atoms with van der Waals surface area (Å²) < 4.78 is 39.5. The molecular weight excluding hydrogens is 281 g/mol. The molecule has 0 spiro atoms. The molecule has 1 N–H and O–H groups in total. The Hall–Kier alpha value is -1.92. The van der Waals surface area contributed by atoms with Crippen molar-refractivity contribution in [1.82, 2.24) is 4.31 Å². The Bertz CT molecular complexity index is 742. The zero-order valence-electron chi connectivity index (χ0n) is 11.0. The van der Waals surface area contributed by atoms with Crippen LogP contribution in [0.3, 0.4) is 0 Å². The Balaban J connectivity index is 2.71. The van der Waals surface area contributed by atoms with Gasteiger partial charge in [-0.1, -0.05) is 18.2 Å². The van der Waals surface area contributed by atoms with Gasteiger partial charge in [0, 0.05) is 31.3 Å². The Morgan fingerprint density at radius 1 is 1.05 bits per heavy atom. The van der Waals surface area contributed by atoms with Gasteiger partial charge < -0.3 is 5.11 Å². The van der Waals surface area contributed by atoms with Crippen LogP contribution in [0.15, 0.2) is 47.4 Å². The van der Waals surface area contributed by atoms with Gasteiger partial charge in [0.15, 0.2) is 0 Å². The van der Waals surface area contributed by atoms with Crippen molar-refractivity contribution in [2.24, 2.45) is 0 Å². The quantitative estimate of drug-likeness (QED) is 0.946. The molecule has 2 aromatic rings. The molecule has 0 radical (unpaired) electrons. The molecule has 0 amide bonds. The lowest BCUT2D eigenvalue weighted by molar-refractivity contribution is 0.469. The first-order chi connectivity index (χ1) is 9.34. The normalized spacial score (nSPS) is 11.8. The van der Waals surface area contributed by atoms with Crippen molar-refractivity contribution in [3.05, 3.63) is 48.3 Å². The first kappa shape index (κ1) is 14.5. The lowest BCUT2D eigenvalue weighted by Gasteiger charge is -2.15. The van der Waals surface area contributed by atoms with Crippen LogP contribution in [0.4, 0.5) is 4.39 Å². The highest BCUT2D eigenvalue weighted by molar-refractivity contribution is 7.89. The Labute approximate surface area is 117 Å². The lowest BCUT2D eigenvalue weighted by Crippen LogP contribution is -2.22. The van der Waals surface area contributed by atoms with Gasteiger partial charge in [0.05, 0.1) is 4.90 Å². The molecule has 2 rings (SSSR count). The number of hydrogen-bond donors (Lipinski definition) is 1. The van der Waals surface area contributed by atoms with E-state index < -0.39 is 15.8 Å². The number of nitrogens with zero attached hydrogens (tertiary/aromatic N) is 1. The largest absolute Gasteiger partial charge is 0.508 e. The van der Waals surface area contributed by atoms with Crippen LogP contribution in [0.2, 0.25) is 0 Å². The fourth-order valence-electron chi connectivity index (χ4n) is 1.83. The summed E-state index contributed by atoms with van der Waals surface area (Å²) in [5.74, 6) is -0.884. The van der Waals surface area contributed by atoms with Crippen LogP contribution >= 0.6 is 0 Å². The van der Waals surface area contributed by atoms with Gasteiger partial charge in [-0.25, -0.2) is 17.1 Å². The molecule has 0 fully saturated rings. The molecule has 0 heterocycles. The smallest absolute Gasteiger partial charge is 0.243 e. The van der Waals surface area contributed by atoms with E-state index in [-0.39, 0.29) is 21.8 Å². The van der Waals surface area contributed by atoms with Gasteiger partial charge in [-0.05, 0) is 18.2 Å². The Morgan fingerprint density at radius 2 is 1.70 bits per heavy atom. The SMILES string of the molecule is CN(C)S(=O)(=O)c1ccccc1-c1ccc(O)cc1F. The van der Waals surface area contributed by atoms with Gasteiger partial charge in [-0.2, -0.15) is 0 Å². The molecule has 0 atom stereocenters. The second-order valence-corrected chi connectivity index (χ2v) is 6.57. The summed E-state index contributed by atoms with van der Waals surface area (Å²) in [5, 5.41) is 9.24. The Kier molecular flexibility index (Phi) is 3.78. The maximum Gasteiger partial charge on any atom is 0.243 e. The number of halogens is 1. The summed E-state index contributed by atoms with van der Waals surface area (Å²) in [7, 11) is -0.846. The van der Waals surface area contributed by atoms with Crippen LogP contribution in [0.5, 0.6) is 5.75 Å². The maximum atomic E-state index is 13.9. The van der Waals surface area contributed by atoms with E-state index in [1.165, 1.54) is 38.4 Å². The van der Waals surface area contributed by atoms with Crippen LogP contribution < -0.4 is 0 Å². The van der Waals surface area contributed by atoms with Gasteiger partial charge in [0.2, 0.25) is 10.0 Å².